The first kappa shape index (κ1) is 15.2. The van der Waals surface area contributed by atoms with Crippen LogP contribution >= 0.6 is 11.8 Å². The Bertz CT molecular complexity index is 380. The van der Waals surface area contributed by atoms with Gasteiger partial charge >= 0.3 is 0 Å². The average molecular weight is 269 g/mol. The molecule has 0 atom stereocenters. The first-order valence-corrected chi connectivity index (χ1v) is 7.37. The number of nitrogens with one attached hydrogen (secondary N) is 1. The summed E-state index contributed by atoms with van der Waals surface area (Å²) in [6.07, 6.45) is 2.98. The summed E-state index contributed by atoms with van der Waals surface area (Å²) in [4.78, 5) is 1.11. The van der Waals surface area contributed by atoms with E-state index in [1.807, 2.05) is 12.3 Å². The average Bonchev–Trinajstić information content (AvgIpc) is 2.37. The molecule has 0 unspecified atom stereocenters. The lowest BCUT2D eigenvalue weighted by atomic mass is 10.1. The van der Waals surface area contributed by atoms with Gasteiger partial charge in [0.15, 0.2) is 0 Å². The third-order valence-electron chi connectivity index (χ3n) is 2.73. The molecule has 0 saturated carbocycles. The SMILES string of the molecule is COc1cc(SC)c(OC)cc1CCNC(C)C. The third-order valence-corrected chi connectivity index (χ3v) is 3.49. The number of ether oxygens (including phenoxy) is 2. The van der Waals surface area contributed by atoms with Crippen LogP contribution in [0.5, 0.6) is 11.5 Å². The van der Waals surface area contributed by atoms with Gasteiger partial charge in [-0.3, -0.25) is 0 Å². The Hall–Kier alpha value is -0.870. The predicted octanol–water partition coefficient (Wildman–Crippen LogP) is 2.97. The van der Waals surface area contributed by atoms with Crippen LogP contribution in [0.4, 0.5) is 0 Å². The minimum absolute atomic E-state index is 0.503. The molecular formula is C14H23NO2S. The van der Waals surface area contributed by atoms with E-state index in [-0.39, 0.29) is 0 Å². The van der Waals surface area contributed by atoms with Gasteiger partial charge in [-0.25, -0.2) is 0 Å². The van der Waals surface area contributed by atoms with Crippen LogP contribution in [0.3, 0.4) is 0 Å². The van der Waals surface area contributed by atoms with Crippen molar-refractivity contribution in [3.63, 3.8) is 0 Å². The summed E-state index contributed by atoms with van der Waals surface area (Å²) < 4.78 is 10.9. The fourth-order valence-corrected chi connectivity index (χ4v) is 2.35. The summed E-state index contributed by atoms with van der Waals surface area (Å²) in [5.74, 6) is 1.86. The molecule has 0 bridgehead atoms. The Kier molecular flexibility index (Phi) is 6.36. The summed E-state index contributed by atoms with van der Waals surface area (Å²) in [6, 6.07) is 4.63. The molecular weight excluding hydrogens is 246 g/mol. The van der Waals surface area contributed by atoms with E-state index in [4.69, 9.17) is 9.47 Å². The van der Waals surface area contributed by atoms with E-state index in [0.29, 0.717) is 6.04 Å². The number of thioether (sulfide) groups is 1. The van der Waals surface area contributed by atoms with Crippen molar-refractivity contribution in [3.8, 4) is 11.5 Å². The summed E-state index contributed by atoms with van der Waals surface area (Å²) in [7, 11) is 3.42. The second kappa shape index (κ2) is 7.54. The molecule has 0 aliphatic rings. The summed E-state index contributed by atoms with van der Waals surface area (Å²) >= 11 is 1.67. The van der Waals surface area contributed by atoms with Gasteiger partial charge in [0.2, 0.25) is 0 Å². The van der Waals surface area contributed by atoms with E-state index in [1.54, 1.807) is 26.0 Å². The lowest BCUT2D eigenvalue weighted by Gasteiger charge is -2.14. The highest BCUT2D eigenvalue weighted by Crippen LogP contribution is 2.34. The Balaban J connectivity index is 2.87. The second-order valence-electron chi connectivity index (χ2n) is 4.38. The number of hydrogen-bond acceptors (Lipinski definition) is 4. The quantitative estimate of drug-likeness (QED) is 0.771. The van der Waals surface area contributed by atoms with Crippen molar-refractivity contribution in [2.75, 3.05) is 27.0 Å². The molecule has 102 valence electrons. The fraction of sp³-hybridized carbons (Fsp3) is 0.571. The summed E-state index contributed by atoms with van der Waals surface area (Å²) in [5, 5.41) is 3.41. The van der Waals surface area contributed by atoms with E-state index >= 15 is 0 Å². The molecule has 0 radical (unpaired) electrons. The standard InChI is InChI=1S/C14H23NO2S/c1-10(2)15-7-6-11-8-13(17-4)14(18-5)9-12(11)16-3/h8-10,15H,6-7H2,1-5H3. The highest BCUT2D eigenvalue weighted by atomic mass is 32.2. The molecule has 1 N–H and O–H groups in total. The highest BCUT2D eigenvalue weighted by Gasteiger charge is 2.10. The lowest BCUT2D eigenvalue weighted by Crippen LogP contribution is -2.25. The maximum absolute atomic E-state index is 5.45. The van der Waals surface area contributed by atoms with Crippen LogP contribution < -0.4 is 14.8 Å². The highest BCUT2D eigenvalue weighted by molar-refractivity contribution is 7.98. The maximum atomic E-state index is 5.45. The molecule has 0 heterocycles. The topological polar surface area (TPSA) is 30.5 Å². The zero-order chi connectivity index (χ0) is 13.5. The van der Waals surface area contributed by atoms with Crippen molar-refractivity contribution >= 4 is 11.8 Å². The molecule has 1 rings (SSSR count). The van der Waals surface area contributed by atoms with Crippen LogP contribution in [0.15, 0.2) is 17.0 Å². The van der Waals surface area contributed by atoms with Crippen molar-refractivity contribution in [3.05, 3.63) is 17.7 Å². The van der Waals surface area contributed by atoms with Crippen molar-refractivity contribution < 1.29 is 9.47 Å². The number of benzene rings is 1. The predicted molar refractivity (Wildman–Crippen MR) is 78.2 cm³/mol. The molecule has 0 aliphatic heterocycles. The Morgan fingerprint density at radius 1 is 1.17 bits per heavy atom. The van der Waals surface area contributed by atoms with Gasteiger partial charge in [-0.15, -0.1) is 11.8 Å². The fourth-order valence-electron chi connectivity index (χ4n) is 1.78. The van der Waals surface area contributed by atoms with E-state index in [1.165, 1.54) is 5.56 Å². The molecule has 3 nitrogen and oxygen atoms in total. The van der Waals surface area contributed by atoms with Gasteiger partial charge in [0, 0.05) is 6.04 Å². The van der Waals surface area contributed by atoms with Crippen LogP contribution in [-0.2, 0) is 6.42 Å². The first-order valence-electron chi connectivity index (χ1n) is 6.14. The summed E-state index contributed by atoms with van der Waals surface area (Å²) in [6.45, 7) is 5.24. The van der Waals surface area contributed by atoms with E-state index in [0.717, 1.165) is 29.4 Å². The monoisotopic (exact) mass is 269 g/mol. The van der Waals surface area contributed by atoms with Gasteiger partial charge < -0.3 is 14.8 Å². The van der Waals surface area contributed by atoms with Crippen LogP contribution in [0, 0.1) is 0 Å². The number of hydrogen-bond donors (Lipinski definition) is 1. The Labute approximate surface area is 114 Å². The van der Waals surface area contributed by atoms with Crippen LogP contribution in [0.25, 0.3) is 0 Å². The zero-order valence-electron chi connectivity index (χ0n) is 11.9. The number of rotatable bonds is 7. The molecule has 0 aliphatic carbocycles. The summed E-state index contributed by atoms with van der Waals surface area (Å²) in [5.41, 5.74) is 1.18. The van der Waals surface area contributed by atoms with E-state index in [2.05, 4.69) is 25.2 Å². The number of methoxy groups -OCH3 is 2. The lowest BCUT2D eigenvalue weighted by molar-refractivity contribution is 0.390. The molecule has 0 aromatic heterocycles. The van der Waals surface area contributed by atoms with Gasteiger partial charge in [0.25, 0.3) is 0 Å². The van der Waals surface area contributed by atoms with Crippen molar-refractivity contribution in [1.82, 2.24) is 5.32 Å². The van der Waals surface area contributed by atoms with E-state index < -0.39 is 0 Å². The normalized spacial score (nSPS) is 10.8. The van der Waals surface area contributed by atoms with Crippen molar-refractivity contribution in [2.24, 2.45) is 0 Å². The van der Waals surface area contributed by atoms with Crippen LogP contribution in [0.2, 0.25) is 0 Å². The minimum atomic E-state index is 0.503. The Morgan fingerprint density at radius 3 is 2.33 bits per heavy atom. The van der Waals surface area contributed by atoms with Crippen LogP contribution in [0.1, 0.15) is 19.4 Å². The first-order chi connectivity index (χ1) is 8.62. The second-order valence-corrected chi connectivity index (χ2v) is 5.23. The van der Waals surface area contributed by atoms with Gasteiger partial charge in [-0.05, 0) is 36.9 Å². The van der Waals surface area contributed by atoms with E-state index in [9.17, 15) is 0 Å². The molecule has 4 heteroatoms. The molecule has 1 aromatic carbocycles. The molecule has 18 heavy (non-hydrogen) atoms. The molecule has 0 fully saturated rings. The largest absolute Gasteiger partial charge is 0.496 e. The maximum Gasteiger partial charge on any atom is 0.132 e. The molecule has 0 spiro atoms. The van der Waals surface area contributed by atoms with Gasteiger partial charge in [-0.2, -0.15) is 0 Å². The van der Waals surface area contributed by atoms with Gasteiger partial charge in [-0.1, -0.05) is 13.8 Å². The van der Waals surface area contributed by atoms with Crippen LogP contribution in [-0.4, -0.2) is 33.1 Å². The molecule has 0 saturated heterocycles. The minimum Gasteiger partial charge on any atom is -0.496 e. The van der Waals surface area contributed by atoms with Gasteiger partial charge in [0.05, 0.1) is 19.1 Å². The van der Waals surface area contributed by atoms with Crippen molar-refractivity contribution in [2.45, 2.75) is 31.2 Å². The smallest absolute Gasteiger partial charge is 0.132 e. The zero-order valence-corrected chi connectivity index (χ0v) is 12.7. The van der Waals surface area contributed by atoms with Gasteiger partial charge in [0.1, 0.15) is 11.5 Å². The molecule has 1 aromatic rings. The Morgan fingerprint density at radius 2 is 1.83 bits per heavy atom. The van der Waals surface area contributed by atoms with Crippen molar-refractivity contribution in [1.29, 1.82) is 0 Å². The third kappa shape index (κ3) is 4.10. The molecule has 0 amide bonds.